The fourth-order valence-corrected chi connectivity index (χ4v) is 2.03. The highest BCUT2D eigenvalue weighted by Gasteiger charge is 2.07. The van der Waals surface area contributed by atoms with E-state index in [0.717, 1.165) is 29.7 Å². The smallest absolute Gasteiger partial charge is 0.121 e. The Hall–Kier alpha value is -1.06. The molecule has 0 heterocycles. The Morgan fingerprint density at radius 2 is 1.71 bits per heavy atom. The van der Waals surface area contributed by atoms with Crippen molar-refractivity contribution in [1.82, 2.24) is 5.32 Å². The summed E-state index contributed by atoms with van der Waals surface area (Å²) in [6.07, 6.45) is 0.469. The van der Waals surface area contributed by atoms with Crippen LogP contribution in [0.15, 0.2) is 12.1 Å². The summed E-state index contributed by atoms with van der Waals surface area (Å²) in [6, 6.07) is 4.26. The quantitative estimate of drug-likeness (QED) is 0.736. The Morgan fingerprint density at radius 3 is 2.18 bits per heavy atom. The summed E-state index contributed by atoms with van der Waals surface area (Å²) < 4.78 is 0. The number of nitrogens with one attached hydrogen (secondary N) is 1. The highest BCUT2D eigenvalue weighted by molar-refractivity contribution is 5.42. The van der Waals surface area contributed by atoms with Crippen molar-refractivity contribution in [3.05, 3.63) is 28.8 Å². The molecule has 0 saturated heterocycles. The van der Waals surface area contributed by atoms with Crippen LogP contribution in [0.1, 0.15) is 37.0 Å². The number of aliphatic hydroxyl groups is 1. The third kappa shape index (κ3) is 4.36. The minimum absolute atomic E-state index is 0.277. The number of phenols is 1. The molecule has 17 heavy (non-hydrogen) atoms. The molecule has 0 aliphatic rings. The summed E-state index contributed by atoms with van der Waals surface area (Å²) in [5.41, 5.74) is 2.98. The van der Waals surface area contributed by atoms with Gasteiger partial charge in [0.25, 0.3) is 0 Å². The lowest BCUT2D eigenvalue weighted by molar-refractivity contribution is 0.170. The van der Waals surface area contributed by atoms with Crippen LogP contribution >= 0.6 is 0 Å². The highest BCUT2D eigenvalue weighted by Crippen LogP contribution is 2.22. The maximum absolute atomic E-state index is 9.67. The number of aromatic hydroxyl groups is 1. The lowest BCUT2D eigenvalue weighted by Gasteiger charge is -2.16. The van der Waals surface area contributed by atoms with Crippen LogP contribution in [0.25, 0.3) is 0 Å². The molecule has 0 aliphatic carbocycles. The third-order valence-electron chi connectivity index (χ3n) is 2.90. The molecule has 1 aromatic carbocycles. The molecule has 0 amide bonds. The van der Waals surface area contributed by atoms with Gasteiger partial charge in [0, 0.05) is 12.6 Å². The first-order valence-corrected chi connectivity index (χ1v) is 6.10. The van der Waals surface area contributed by atoms with Crippen molar-refractivity contribution < 1.29 is 10.2 Å². The number of aryl methyl sites for hydroxylation is 2. The minimum atomic E-state index is -0.277. The van der Waals surface area contributed by atoms with Crippen molar-refractivity contribution in [2.24, 2.45) is 0 Å². The van der Waals surface area contributed by atoms with Gasteiger partial charge in [-0.25, -0.2) is 0 Å². The number of phenolic OH excluding ortho intramolecular Hbond substituents is 1. The molecule has 0 aliphatic heterocycles. The molecule has 0 fully saturated rings. The van der Waals surface area contributed by atoms with E-state index in [2.05, 4.69) is 12.2 Å². The van der Waals surface area contributed by atoms with Gasteiger partial charge in [-0.1, -0.05) is 12.1 Å². The highest BCUT2D eigenvalue weighted by atomic mass is 16.3. The van der Waals surface area contributed by atoms with E-state index in [4.69, 9.17) is 0 Å². The first-order chi connectivity index (χ1) is 7.90. The van der Waals surface area contributed by atoms with Gasteiger partial charge in [0.15, 0.2) is 0 Å². The molecular weight excluding hydrogens is 214 g/mol. The average molecular weight is 237 g/mol. The maximum atomic E-state index is 9.67. The molecule has 1 aromatic rings. The van der Waals surface area contributed by atoms with Gasteiger partial charge in [-0.15, -0.1) is 0 Å². The fraction of sp³-hybridized carbons (Fsp3) is 0.571. The zero-order valence-corrected chi connectivity index (χ0v) is 11.1. The molecule has 0 saturated carbocycles. The minimum Gasteiger partial charge on any atom is -0.507 e. The molecule has 0 bridgehead atoms. The van der Waals surface area contributed by atoms with E-state index in [0.29, 0.717) is 5.75 Å². The van der Waals surface area contributed by atoms with Crippen molar-refractivity contribution in [2.75, 3.05) is 0 Å². The van der Waals surface area contributed by atoms with Crippen molar-refractivity contribution in [1.29, 1.82) is 0 Å². The van der Waals surface area contributed by atoms with Crippen LogP contribution in [0.4, 0.5) is 0 Å². The second-order valence-corrected chi connectivity index (χ2v) is 4.94. The summed E-state index contributed by atoms with van der Waals surface area (Å²) in [7, 11) is 0. The van der Waals surface area contributed by atoms with Gasteiger partial charge in [-0.2, -0.15) is 0 Å². The van der Waals surface area contributed by atoms with Crippen LogP contribution in [0.2, 0.25) is 0 Å². The second kappa shape index (κ2) is 6.03. The molecule has 0 aromatic heterocycles. The summed E-state index contributed by atoms with van der Waals surface area (Å²) >= 11 is 0. The fourth-order valence-electron chi connectivity index (χ4n) is 2.03. The molecule has 3 N–H and O–H groups in total. The molecule has 0 spiro atoms. The van der Waals surface area contributed by atoms with E-state index in [1.807, 2.05) is 26.0 Å². The molecular formula is C14H23NO2. The molecule has 96 valence electrons. The van der Waals surface area contributed by atoms with E-state index in [9.17, 15) is 10.2 Å². The van der Waals surface area contributed by atoms with Crippen molar-refractivity contribution >= 4 is 0 Å². The van der Waals surface area contributed by atoms with Crippen LogP contribution in [0.3, 0.4) is 0 Å². The average Bonchev–Trinajstić information content (AvgIpc) is 2.22. The number of benzene rings is 1. The van der Waals surface area contributed by atoms with Crippen LogP contribution < -0.4 is 5.32 Å². The van der Waals surface area contributed by atoms with Crippen LogP contribution in [-0.4, -0.2) is 22.4 Å². The lowest BCUT2D eigenvalue weighted by atomic mass is 10.1. The van der Waals surface area contributed by atoms with Crippen molar-refractivity contribution in [3.63, 3.8) is 0 Å². The Balaban J connectivity index is 2.58. The summed E-state index contributed by atoms with van der Waals surface area (Å²) in [4.78, 5) is 0. The van der Waals surface area contributed by atoms with E-state index in [-0.39, 0.29) is 12.1 Å². The van der Waals surface area contributed by atoms with Crippen LogP contribution in [0, 0.1) is 13.8 Å². The lowest BCUT2D eigenvalue weighted by Crippen LogP contribution is -2.28. The van der Waals surface area contributed by atoms with Crippen LogP contribution in [-0.2, 0) is 6.54 Å². The van der Waals surface area contributed by atoms with Gasteiger partial charge >= 0.3 is 0 Å². The standard InChI is InChI=1S/C14H23NO2/c1-9-5-13(6-10(2)14(9)17)8-15-11(3)7-12(4)16/h5-6,11-12,15-17H,7-8H2,1-4H3. The van der Waals surface area contributed by atoms with Crippen molar-refractivity contribution in [3.8, 4) is 5.75 Å². The zero-order chi connectivity index (χ0) is 13.0. The molecule has 0 radical (unpaired) electrons. The van der Waals surface area contributed by atoms with Gasteiger partial charge in [-0.3, -0.25) is 0 Å². The van der Waals surface area contributed by atoms with Crippen LogP contribution in [0.5, 0.6) is 5.75 Å². The molecule has 2 unspecified atom stereocenters. The first kappa shape index (κ1) is 14.0. The summed E-state index contributed by atoms with van der Waals surface area (Å²) in [5.74, 6) is 0.380. The predicted octanol–water partition coefficient (Wildman–Crippen LogP) is 2.26. The predicted molar refractivity (Wildman–Crippen MR) is 70.2 cm³/mol. The first-order valence-electron chi connectivity index (χ1n) is 6.10. The van der Waals surface area contributed by atoms with Gasteiger partial charge in [0.1, 0.15) is 5.75 Å². The summed E-state index contributed by atoms with van der Waals surface area (Å²) in [5, 5.41) is 22.3. The maximum Gasteiger partial charge on any atom is 0.121 e. The van der Waals surface area contributed by atoms with Gasteiger partial charge in [0.05, 0.1) is 6.10 Å². The summed E-state index contributed by atoms with van der Waals surface area (Å²) in [6.45, 7) is 8.44. The topological polar surface area (TPSA) is 52.5 Å². The van der Waals surface area contributed by atoms with E-state index in [1.54, 1.807) is 6.92 Å². The van der Waals surface area contributed by atoms with E-state index >= 15 is 0 Å². The number of hydrogen-bond acceptors (Lipinski definition) is 3. The van der Waals surface area contributed by atoms with Gasteiger partial charge in [0.2, 0.25) is 0 Å². The van der Waals surface area contributed by atoms with Gasteiger partial charge in [-0.05, 0) is 50.8 Å². The third-order valence-corrected chi connectivity index (χ3v) is 2.90. The molecule has 2 atom stereocenters. The second-order valence-electron chi connectivity index (χ2n) is 4.94. The molecule has 3 nitrogen and oxygen atoms in total. The molecule has 3 heteroatoms. The van der Waals surface area contributed by atoms with Gasteiger partial charge < -0.3 is 15.5 Å². The Labute approximate surface area is 103 Å². The largest absolute Gasteiger partial charge is 0.507 e. The number of aliphatic hydroxyl groups excluding tert-OH is 1. The Bertz CT molecular complexity index is 351. The zero-order valence-electron chi connectivity index (χ0n) is 11.1. The van der Waals surface area contributed by atoms with E-state index < -0.39 is 0 Å². The Morgan fingerprint density at radius 1 is 1.18 bits per heavy atom. The normalized spacial score (nSPS) is 14.6. The van der Waals surface area contributed by atoms with Crippen molar-refractivity contribution in [2.45, 2.75) is 52.8 Å². The molecule has 1 rings (SSSR count). The number of hydrogen-bond donors (Lipinski definition) is 3. The Kier molecular flexibility index (Phi) is 4.97. The SMILES string of the molecule is Cc1cc(CNC(C)CC(C)O)cc(C)c1O. The monoisotopic (exact) mass is 237 g/mol. The van der Waals surface area contributed by atoms with E-state index in [1.165, 1.54) is 0 Å². The number of rotatable bonds is 5.